The molecule has 4 nitrogen and oxygen atoms in total. The van der Waals surface area contributed by atoms with Gasteiger partial charge in [0.25, 0.3) is 0 Å². The highest BCUT2D eigenvalue weighted by Crippen LogP contribution is 2.36. The average Bonchev–Trinajstić information content (AvgIpc) is 2.54. The SMILES string of the molecule is C[C@@H](CC(=O)N1CCC(C(=O)O)CC1)c1ccccc1C(F)(F)F. The van der Waals surface area contributed by atoms with Crippen LogP contribution in [0.4, 0.5) is 13.2 Å². The van der Waals surface area contributed by atoms with Gasteiger partial charge in [-0.1, -0.05) is 25.1 Å². The fraction of sp³-hybridized carbons (Fsp3) is 0.529. The summed E-state index contributed by atoms with van der Waals surface area (Å²) in [6.07, 6.45) is -3.71. The van der Waals surface area contributed by atoms with Gasteiger partial charge in [0.05, 0.1) is 11.5 Å². The van der Waals surface area contributed by atoms with Gasteiger partial charge in [-0.3, -0.25) is 9.59 Å². The third-order valence-corrected chi connectivity index (χ3v) is 4.47. The number of carboxylic acid groups (broad SMARTS) is 1. The van der Waals surface area contributed by atoms with Crippen molar-refractivity contribution in [1.82, 2.24) is 4.90 Å². The van der Waals surface area contributed by atoms with Crippen molar-refractivity contribution in [2.75, 3.05) is 13.1 Å². The summed E-state index contributed by atoms with van der Waals surface area (Å²) in [4.78, 5) is 24.8. The first-order valence-corrected chi connectivity index (χ1v) is 7.87. The highest BCUT2D eigenvalue weighted by atomic mass is 19.4. The van der Waals surface area contributed by atoms with Crippen molar-refractivity contribution in [1.29, 1.82) is 0 Å². The monoisotopic (exact) mass is 343 g/mol. The van der Waals surface area contributed by atoms with Crippen molar-refractivity contribution in [3.8, 4) is 0 Å². The zero-order chi connectivity index (χ0) is 17.9. The van der Waals surface area contributed by atoms with E-state index in [2.05, 4.69) is 0 Å². The number of aliphatic carboxylic acids is 1. The molecule has 1 heterocycles. The molecule has 1 aliphatic rings. The number of piperidine rings is 1. The third-order valence-electron chi connectivity index (χ3n) is 4.47. The van der Waals surface area contributed by atoms with E-state index >= 15 is 0 Å². The van der Waals surface area contributed by atoms with E-state index in [0.29, 0.717) is 25.9 Å². The average molecular weight is 343 g/mol. The van der Waals surface area contributed by atoms with Crippen LogP contribution in [0.25, 0.3) is 0 Å². The number of amides is 1. The molecule has 0 aliphatic carbocycles. The van der Waals surface area contributed by atoms with Crippen molar-refractivity contribution < 1.29 is 27.9 Å². The fourth-order valence-electron chi connectivity index (χ4n) is 3.06. The quantitative estimate of drug-likeness (QED) is 0.910. The molecule has 0 aromatic heterocycles. The second-order valence-corrected chi connectivity index (χ2v) is 6.18. The number of nitrogens with zero attached hydrogens (tertiary/aromatic N) is 1. The number of benzene rings is 1. The van der Waals surface area contributed by atoms with Gasteiger partial charge in [0.1, 0.15) is 0 Å². The minimum Gasteiger partial charge on any atom is -0.481 e. The number of carboxylic acids is 1. The van der Waals surface area contributed by atoms with Gasteiger partial charge in [0.15, 0.2) is 0 Å². The maximum atomic E-state index is 13.1. The van der Waals surface area contributed by atoms with Crippen LogP contribution in [0, 0.1) is 5.92 Å². The van der Waals surface area contributed by atoms with Crippen molar-refractivity contribution in [2.24, 2.45) is 5.92 Å². The van der Waals surface area contributed by atoms with Crippen molar-refractivity contribution in [2.45, 2.75) is 38.3 Å². The van der Waals surface area contributed by atoms with Crippen LogP contribution < -0.4 is 0 Å². The van der Waals surface area contributed by atoms with E-state index in [1.807, 2.05) is 0 Å². The van der Waals surface area contributed by atoms with E-state index in [1.165, 1.54) is 18.2 Å². The van der Waals surface area contributed by atoms with Crippen molar-refractivity contribution in [3.63, 3.8) is 0 Å². The minimum absolute atomic E-state index is 0.0230. The molecule has 132 valence electrons. The Hall–Kier alpha value is -2.05. The van der Waals surface area contributed by atoms with Crippen LogP contribution in [0.1, 0.15) is 43.2 Å². The van der Waals surface area contributed by atoms with Gasteiger partial charge in [-0.2, -0.15) is 13.2 Å². The van der Waals surface area contributed by atoms with Crippen LogP contribution in [0.15, 0.2) is 24.3 Å². The standard InChI is InChI=1S/C17H20F3NO3/c1-11(13-4-2-3-5-14(13)17(18,19)20)10-15(22)21-8-6-12(7-9-21)16(23)24/h2-5,11-12H,6-10H2,1H3,(H,23,24)/t11-/m0/s1. The summed E-state index contributed by atoms with van der Waals surface area (Å²) < 4.78 is 39.2. The molecule has 1 aromatic rings. The molecule has 1 amide bonds. The molecule has 0 saturated carbocycles. The smallest absolute Gasteiger partial charge is 0.416 e. The largest absolute Gasteiger partial charge is 0.481 e. The van der Waals surface area contributed by atoms with E-state index in [9.17, 15) is 22.8 Å². The molecule has 0 radical (unpaired) electrons. The molecular formula is C17H20F3NO3. The van der Waals surface area contributed by atoms with Gasteiger partial charge in [0.2, 0.25) is 5.91 Å². The first kappa shape index (κ1) is 18.3. The van der Waals surface area contributed by atoms with E-state index in [0.717, 1.165) is 6.07 Å². The first-order chi connectivity index (χ1) is 11.2. The first-order valence-electron chi connectivity index (χ1n) is 7.87. The molecule has 1 N–H and O–H groups in total. The number of halogens is 3. The van der Waals surface area contributed by atoms with Crippen LogP contribution in [0.5, 0.6) is 0 Å². The Bertz CT molecular complexity index is 607. The van der Waals surface area contributed by atoms with Gasteiger partial charge in [0, 0.05) is 19.5 Å². The Balaban J connectivity index is 2.02. The van der Waals surface area contributed by atoms with Crippen LogP contribution >= 0.6 is 0 Å². The van der Waals surface area contributed by atoms with Crippen molar-refractivity contribution in [3.05, 3.63) is 35.4 Å². The van der Waals surface area contributed by atoms with E-state index in [4.69, 9.17) is 5.11 Å². The summed E-state index contributed by atoms with van der Waals surface area (Å²) in [5.74, 6) is -2.11. The topological polar surface area (TPSA) is 57.6 Å². The summed E-state index contributed by atoms with van der Waals surface area (Å²) in [6, 6.07) is 5.29. The molecule has 2 rings (SSSR count). The molecular weight excluding hydrogens is 323 g/mol. The Labute approximate surface area is 138 Å². The Kier molecular flexibility index (Phi) is 5.51. The minimum atomic E-state index is -4.45. The number of likely N-dealkylation sites (tertiary alicyclic amines) is 1. The Morgan fingerprint density at radius 3 is 2.38 bits per heavy atom. The molecule has 0 spiro atoms. The molecule has 1 fully saturated rings. The molecule has 24 heavy (non-hydrogen) atoms. The molecule has 1 atom stereocenters. The highest BCUT2D eigenvalue weighted by Gasteiger charge is 2.35. The van der Waals surface area contributed by atoms with Gasteiger partial charge >= 0.3 is 12.1 Å². The lowest BCUT2D eigenvalue weighted by atomic mass is 9.91. The maximum absolute atomic E-state index is 13.1. The van der Waals surface area contributed by atoms with E-state index in [-0.39, 0.29) is 17.9 Å². The van der Waals surface area contributed by atoms with E-state index in [1.54, 1.807) is 11.8 Å². The van der Waals surface area contributed by atoms with Gasteiger partial charge < -0.3 is 10.0 Å². The Morgan fingerprint density at radius 1 is 1.25 bits per heavy atom. The van der Waals surface area contributed by atoms with Gasteiger partial charge in [-0.05, 0) is 30.4 Å². The number of hydrogen-bond acceptors (Lipinski definition) is 2. The van der Waals surface area contributed by atoms with Crippen LogP contribution in [-0.4, -0.2) is 35.0 Å². The van der Waals surface area contributed by atoms with Crippen LogP contribution in [-0.2, 0) is 15.8 Å². The molecule has 7 heteroatoms. The van der Waals surface area contributed by atoms with E-state index < -0.39 is 29.5 Å². The summed E-state index contributed by atoms with van der Waals surface area (Å²) in [5.41, 5.74) is -0.603. The summed E-state index contributed by atoms with van der Waals surface area (Å²) in [7, 11) is 0. The second kappa shape index (κ2) is 7.23. The molecule has 0 bridgehead atoms. The Morgan fingerprint density at radius 2 is 1.83 bits per heavy atom. The van der Waals surface area contributed by atoms with Gasteiger partial charge in [-0.15, -0.1) is 0 Å². The third kappa shape index (κ3) is 4.27. The summed E-state index contributed by atoms with van der Waals surface area (Å²) in [5, 5.41) is 8.95. The predicted octanol–water partition coefficient (Wildman–Crippen LogP) is 3.52. The number of alkyl halides is 3. The van der Waals surface area contributed by atoms with Crippen molar-refractivity contribution >= 4 is 11.9 Å². The lowest BCUT2D eigenvalue weighted by Gasteiger charge is -2.31. The van der Waals surface area contributed by atoms with Crippen LogP contribution in [0.2, 0.25) is 0 Å². The molecule has 1 aromatic carbocycles. The summed E-state index contributed by atoms with van der Waals surface area (Å²) in [6.45, 7) is 2.28. The number of carbonyl (C=O) groups excluding carboxylic acids is 1. The number of hydrogen-bond donors (Lipinski definition) is 1. The lowest BCUT2D eigenvalue weighted by molar-refractivity contribution is -0.145. The predicted molar refractivity (Wildman–Crippen MR) is 81.4 cm³/mol. The highest BCUT2D eigenvalue weighted by molar-refractivity contribution is 5.78. The molecule has 0 unspecified atom stereocenters. The molecule has 1 aliphatic heterocycles. The zero-order valence-corrected chi connectivity index (χ0v) is 13.3. The zero-order valence-electron chi connectivity index (χ0n) is 13.3. The molecule has 1 saturated heterocycles. The maximum Gasteiger partial charge on any atom is 0.416 e. The number of rotatable bonds is 4. The normalized spacial score (nSPS) is 17.6. The lowest BCUT2D eigenvalue weighted by Crippen LogP contribution is -2.40. The van der Waals surface area contributed by atoms with Gasteiger partial charge in [-0.25, -0.2) is 0 Å². The summed E-state index contributed by atoms with van der Waals surface area (Å²) >= 11 is 0. The second-order valence-electron chi connectivity index (χ2n) is 6.18. The number of carbonyl (C=O) groups is 2. The fourth-order valence-corrected chi connectivity index (χ4v) is 3.06. The van der Waals surface area contributed by atoms with Crippen LogP contribution in [0.3, 0.4) is 0 Å².